The lowest BCUT2D eigenvalue weighted by atomic mass is 9.84. The molecule has 0 N–H and O–H groups in total. The van der Waals surface area contributed by atoms with Gasteiger partial charge >= 0.3 is 0 Å². The van der Waals surface area contributed by atoms with Gasteiger partial charge in [0, 0.05) is 12.5 Å². The minimum Gasteiger partial charge on any atom is -0.314 e. The minimum atomic E-state index is -0.0138. The van der Waals surface area contributed by atoms with Crippen LogP contribution in [0.1, 0.15) is 55.6 Å². The Hall–Kier alpha value is -1.19. The van der Waals surface area contributed by atoms with Crippen molar-refractivity contribution < 1.29 is 4.79 Å². The van der Waals surface area contributed by atoms with Crippen molar-refractivity contribution in [3.05, 3.63) is 11.6 Å². The Morgan fingerprint density at radius 3 is 2.60 bits per heavy atom. The van der Waals surface area contributed by atoms with Gasteiger partial charge in [-0.25, -0.2) is 0 Å². The van der Waals surface area contributed by atoms with Crippen LogP contribution in [0, 0.1) is 0 Å². The summed E-state index contributed by atoms with van der Waals surface area (Å²) in [5.74, 6) is 2.62. The first kappa shape index (κ1) is 9.07. The van der Waals surface area contributed by atoms with Gasteiger partial charge in [0.05, 0.1) is 5.92 Å². The van der Waals surface area contributed by atoms with Crippen LogP contribution in [0.25, 0.3) is 0 Å². The summed E-state index contributed by atoms with van der Waals surface area (Å²) in [7, 11) is 0. The van der Waals surface area contributed by atoms with Crippen LogP contribution in [0.3, 0.4) is 0 Å². The molecule has 2 aliphatic rings. The molecule has 1 aromatic heterocycles. The largest absolute Gasteiger partial charge is 0.314 e. The smallest absolute Gasteiger partial charge is 0.143 e. The van der Waals surface area contributed by atoms with Crippen molar-refractivity contribution in [3.8, 4) is 0 Å². The number of fused-ring (bicyclic) bond motifs is 1. The maximum Gasteiger partial charge on any atom is 0.143 e. The molecule has 1 aliphatic heterocycles. The Balaban J connectivity index is 1.97. The summed E-state index contributed by atoms with van der Waals surface area (Å²) in [6, 6.07) is 0. The van der Waals surface area contributed by atoms with E-state index in [-0.39, 0.29) is 5.92 Å². The normalized spacial score (nSPS) is 25.7. The lowest BCUT2D eigenvalue weighted by Gasteiger charge is -2.27. The highest BCUT2D eigenvalue weighted by atomic mass is 16.1. The predicted molar refractivity (Wildman–Crippen MR) is 54.7 cm³/mol. The molecule has 1 aliphatic carbocycles. The summed E-state index contributed by atoms with van der Waals surface area (Å²) in [6.45, 7) is 0.999. The molecule has 4 heteroatoms. The zero-order valence-corrected chi connectivity index (χ0v) is 8.72. The van der Waals surface area contributed by atoms with E-state index in [9.17, 15) is 4.79 Å². The van der Waals surface area contributed by atoms with Crippen LogP contribution in [0.15, 0.2) is 0 Å². The fourth-order valence-electron chi connectivity index (χ4n) is 2.53. The van der Waals surface area contributed by atoms with Gasteiger partial charge in [0.25, 0.3) is 0 Å². The van der Waals surface area contributed by atoms with Crippen LogP contribution in [0.2, 0.25) is 0 Å². The fraction of sp³-hybridized carbons (Fsp3) is 0.727. The van der Waals surface area contributed by atoms with E-state index in [2.05, 4.69) is 14.8 Å². The molecule has 1 fully saturated rings. The van der Waals surface area contributed by atoms with Crippen molar-refractivity contribution in [3.63, 3.8) is 0 Å². The summed E-state index contributed by atoms with van der Waals surface area (Å²) >= 11 is 0. The molecule has 1 aromatic rings. The van der Waals surface area contributed by atoms with E-state index in [0.29, 0.717) is 5.92 Å². The van der Waals surface area contributed by atoms with E-state index in [1.165, 1.54) is 19.3 Å². The monoisotopic (exact) mass is 205 g/mol. The number of carbonyl (C=O) groups is 1. The average Bonchev–Trinajstić information content (AvgIpc) is 2.59. The number of rotatable bonds is 2. The molecule has 0 radical (unpaired) electrons. The Bertz CT molecular complexity index is 381. The third-order valence-corrected chi connectivity index (χ3v) is 3.67. The van der Waals surface area contributed by atoms with E-state index in [1.54, 1.807) is 0 Å². The first-order valence-corrected chi connectivity index (χ1v) is 5.78. The summed E-state index contributed by atoms with van der Waals surface area (Å²) in [6.07, 6.45) is 6.82. The van der Waals surface area contributed by atoms with Gasteiger partial charge < -0.3 is 9.36 Å². The highest BCUT2D eigenvalue weighted by molar-refractivity contribution is 5.60. The van der Waals surface area contributed by atoms with Crippen molar-refractivity contribution >= 4 is 6.29 Å². The van der Waals surface area contributed by atoms with Crippen molar-refractivity contribution in [2.24, 2.45) is 0 Å². The molecule has 1 unspecified atom stereocenters. The molecule has 2 heterocycles. The van der Waals surface area contributed by atoms with Crippen molar-refractivity contribution in [2.75, 3.05) is 0 Å². The second-order valence-electron chi connectivity index (χ2n) is 4.58. The fourth-order valence-corrected chi connectivity index (χ4v) is 2.53. The molecule has 0 saturated heterocycles. The third kappa shape index (κ3) is 1.31. The summed E-state index contributed by atoms with van der Waals surface area (Å²) < 4.78 is 2.19. The van der Waals surface area contributed by atoms with E-state index < -0.39 is 0 Å². The molecule has 0 amide bonds. The standard InChI is InChI=1S/C11H15N3O/c15-7-9-5-2-6-14-10(8-3-1-4-8)12-13-11(9)14/h7-9H,1-6H2. The lowest BCUT2D eigenvalue weighted by Crippen LogP contribution is -2.21. The number of hydrogen-bond donors (Lipinski definition) is 0. The molecular formula is C11H15N3O. The third-order valence-electron chi connectivity index (χ3n) is 3.67. The van der Waals surface area contributed by atoms with Crippen molar-refractivity contribution in [1.29, 1.82) is 0 Å². The first-order valence-electron chi connectivity index (χ1n) is 5.78. The molecule has 3 rings (SSSR count). The van der Waals surface area contributed by atoms with E-state index in [1.807, 2.05) is 0 Å². The zero-order chi connectivity index (χ0) is 10.3. The van der Waals surface area contributed by atoms with Gasteiger partial charge in [-0.2, -0.15) is 0 Å². The van der Waals surface area contributed by atoms with Crippen LogP contribution in [-0.2, 0) is 11.3 Å². The van der Waals surface area contributed by atoms with Gasteiger partial charge in [-0.05, 0) is 25.7 Å². The molecule has 1 saturated carbocycles. The Kier molecular flexibility index (Phi) is 2.08. The Labute approximate surface area is 88.7 Å². The highest BCUT2D eigenvalue weighted by Gasteiger charge is 2.30. The van der Waals surface area contributed by atoms with Crippen LogP contribution in [-0.4, -0.2) is 21.1 Å². The Morgan fingerprint density at radius 2 is 1.93 bits per heavy atom. The van der Waals surface area contributed by atoms with Gasteiger partial charge in [0.15, 0.2) is 0 Å². The topological polar surface area (TPSA) is 47.8 Å². The minimum absolute atomic E-state index is 0.0138. The average molecular weight is 205 g/mol. The van der Waals surface area contributed by atoms with Crippen LogP contribution >= 0.6 is 0 Å². The second-order valence-corrected chi connectivity index (χ2v) is 4.58. The lowest BCUT2D eigenvalue weighted by molar-refractivity contribution is -0.109. The molecule has 0 bridgehead atoms. The van der Waals surface area contributed by atoms with Gasteiger partial charge in [-0.15, -0.1) is 10.2 Å². The predicted octanol–water partition coefficient (Wildman–Crippen LogP) is 1.62. The van der Waals surface area contributed by atoms with Gasteiger partial charge in [0.1, 0.15) is 17.9 Å². The maximum absolute atomic E-state index is 10.9. The molecule has 4 nitrogen and oxygen atoms in total. The van der Waals surface area contributed by atoms with E-state index >= 15 is 0 Å². The van der Waals surface area contributed by atoms with Crippen molar-refractivity contribution in [1.82, 2.24) is 14.8 Å². The van der Waals surface area contributed by atoms with Gasteiger partial charge in [-0.1, -0.05) is 6.42 Å². The summed E-state index contributed by atoms with van der Waals surface area (Å²) in [5.41, 5.74) is 0. The number of nitrogens with zero attached hydrogens (tertiary/aromatic N) is 3. The quantitative estimate of drug-likeness (QED) is 0.689. The first-order chi connectivity index (χ1) is 7.40. The summed E-state index contributed by atoms with van der Waals surface area (Å²) in [4.78, 5) is 10.9. The zero-order valence-electron chi connectivity index (χ0n) is 8.72. The SMILES string of the molecule is O=CC1CCCn2c1nnc2C1CCC1. The van der Waals surface area contributed by atoms with Crippen molar-refractivity contribution in [2.45, 2.75) is 50.5 Å². The molecule has 80 valence electrons. The van der Waals surface area contributed by atoms with Crippen LogP contribution < -0.4 is 0 Å². The number of hydrogen-bond acceptors (Lipinski definition) is 3. The molecule has 0 spiro atoms. The van der Waals surface area contributed by atoms with Gasteiger partial charge in [0.2, 0.25) is 0 Å². The number of carbonyl (C=O) groups excluding carboxylic acids is 1. The highest BCUT2D eigenvalue weighted by Crippen LogP contribution is 2.37. The maximum atomic E-state index is 10.9. The molecular weight excluding hydrogens is 190 g/mol. The van der Waals surface area contributed by atoms with Crippen LogP contribution in [0.4, 0.5) is 0 Å². The van der Waals surface area contributed by atoms with E-state index in [4.69, 9.17) is 0 Å². The molecule has 1 atom stereocenters. The number of aldehydes is 1. The van der Waals surface area contributed by atoms with E-state index in [0.717, 1.165) is 37.3 Å². The van der Waals surface area contributed by atoms with Gasteiger partial charge in [-0.3, -0.25) is 0 Å². The Morgan fingerprint density at radius 1 is 1.13 bits per heavy atom. The second kappa shape index (κ2) is 3.43. The van der Waals surface area contributed by atoms with Crippen LogP contribution in [0.5, 0.6) is 0 Å². The summed E-state index contributed by atoms with van der Waals surface area (Å²) in [5, 5.41) is 8.47. The number of aromatic nitrogens is 3. The molecule has 0 aromatic carbocycles. The molecule has 15 heavy (non-hydrogen) atoms.